The van der Waals surface area contributed by atoms with Crippen LogP contribution < -0.4 is 0 Å². The maximum absolute atomic E-state index is 12.3. The average molecular weight is 274 g/mol. The topological polar surface area (TPSA) is 46.0 Å². The van der Waals surface area contributed by atoms with Crippen LogP contribution in [0, 0.1) is 0 Å². The highest BCUT2D eigenvalue weighted by Crippen LogP contribution is 2.34. The summed E-state index contributed by atoms with van der Waals surface area (Å²) in [5.41, 5.74) is 0.805. The molecule has 0 saturated carbocycles. The molecule has 0 radical (unpaired) electrons. The van der Waals surface area contributed by atoms with E-state index in [2.05, 4.69) is 9.97 Å². The van der Waals surface area contributed by atoms with Gasteiger partial charge < -0.3 is 5.11 Å². The molecule has 1 N–H and O–H groups in total. The third kappa shape index (κ3) is 3.05. The Labute approximate surface area is 105 Å². The van der Waals surface area contributed by atoms with Crippen molar-refractivity contribution < 1.29 is 18.3 Å². The Morgan fingerprint density at radius 1 is 1.28 bits per heavy atom. The van der Waals surface area contributed by atoms with Gasteiger partial charge in [-0.2, -0.15) is 13.2 Å². The Kier molecular flexibility index (Phi) is 3.63. The van der Waals surface area contributed by atoms with Crippen molar-refractivity contribution in [2.45, 2.75) is 18.7 Å². The first kappa shape index (κ1) is 13.0. The van der Waals surface area contributed by atoms with E-state index >= 15 is 0 Å². The molecule has 0 aliphatic heterocycles. The van der Waals surface area contributed by atoms with Gasteiger partial charge >= 0.3 is 6.18 Å². The van der Waals surface area contributed by atoms with E-state index in [1.807, 2.05) is 0 Å². The van der Waals surface area contributed by atoms with Gasteiger partial charge in [0, 0.05) is 25.0 Å². The summed E-state index contributed by atoms with van der Waals surface area (Å²) in [5.74, 6) is 0. The molecule has 18 heavy (non-hydrogen) atoms. The maximum atomic E-state index is 12.3. The third-order valence-corrected chi connectivity index (χ3v) is 3.42. The lowest BCUT2D eigenvalue weighted by atomic mass is 10.1. The lowest BCUT2D eigenvalue weighted by molar-refractivity contribution is -0.137. The van der Waals surface area contributed by atoms with Crippen LogP contribution in [0.3, 0.4) is 0 Å². The molecular formula is C11H9F3N2OS. The fourth-order valence-electron chi connectivity index (χ4n) is 1.41. The zero-order valence-electron chi connectivity index (χ0n) is 9.05. The highest BCUT2D eigenvalue weighted by atomic mass is 32.1. The first-order valence-corrected chi connectivity index (χ1v) is 5.88. The van der Waals surface area contributed by atoms with Gasteiger partial charge in [-0.1, -0.05) is 0 Å². The quantitative estimate of drug-likeness (QED) is 0.936. The first-order valence-electron chi connectivity index (χ1n) is 5.06. The van der Waals surface area contributed by atoms with Crippen molar-refractivity contribution in [2.24, 2.45) is 0 Å². The number of hydrogen-bond donors (Lipinski definition) is 1. The SMILES string of the molecule is OC(Cc1ccncc1)c1cnc(C(F)(F)F)s1. The number of halogens is 3. The molecule has 2 heterocycles. The van der Waals surface area contributed by atoms with Crippen molar-refractivity contribution in [3.63, 3.8) is 0 Å². The molecule has 96 valence electrons. The fraction of sp³-hybridized carbons (Fsp3) is 0.273. The number of rotatable bonds is 3. The Bertz CT molecular complexity index is 513. The van der Waals surface area contributed by atoms with Gasteiger partial charge in [-0.15, -0.1) is 11.3 Å². The minimum atomic E-state index is -4.46. The second kappa shape index (κ2) is 5.03. The van der Waals surface area contributed by atoms with E-state index in [0.717, 1.165) is 11.8 Å². The van der Waals surface area contributed by atoms with Crippen molar-refractivity contribution in [1.82, 2.24) is 9.97 Å². The van der Waals surface area contributed by atoms with E-state index in [1.165, 1.54) is 0 Å². The van der Waals surface area contributed by atoms with E-state index in [9.17, 15) is 18.3 Å². The molecule has 2 rings (SSSR count). The molecule has 0 aliphatic rings. The molecule has 0 bridgehead atoms. The molecule has 3 nitrogen and oxygen atoms in total. The standard InChI is InChI=1S/C11H9F3N2OS/c12-11(13,14)10-16-6-9(18-10)8(17)5-7-1-3-15-4-2-7/h1-4,6,8,17H,5H2. The second-order valence-electron chi connectivity index (χ2n) is 3.64. The predicted octanol–water partition coefficient (Wildman–Crippen LogP) is 2.83. The molecule has 2 aromatic heterocycles. The predicted molar refractivity (Wildman–Crippen MR) is 60.0 cm³/mol. The number of aromatic nitrogens is 2. The van der Waals surface area contributed by atoms with Gasteiger partial charge in [-0.05, 0) is 17.7 Å². The van der Waals surface area contributed by atoms with Gasteiger partial charge in [0.1, 0.15) is 0 Å². The third-order valence-electron chi connectivity index (χ3n) is 2.27. The number of pyridine rings is 1. The molecular weight excluding hydrogens is 265 g/mol. The number of hydrogen-bond acceptors (Lipinski definition) is 4. The molecule has 0 spiro atoms. The largest absolute Gasteiger partial charge is 0.443 e. The van der Waals surface area contributed by atoms with E-state index in [0.29, 0.717) is 11.3 Å². The molecule has 0 saturated heterocycles. The van der Waals surface area contributed by atoms with Crippen LogP contribution in [0.5, 0.6) is 0 Å². The number of thiazole rings is 1. The smallest absolute Gasteiger partial charge is 0.387 e. The summed E-state index contributed by atoms with van der Waals surface area (Å²) in [6.45, 7) is 0. The minimum Gasteiger partial charge on any atom is -0.387 e. The summed E-state index contributed by atoms with van der Waals surface area (Å²) in [4.78, 5) is 7.30. The molecule has 1 unspecified atom stereocenters. The summed E-state index contributed by atoms with van der Waals surface area (Å²) >= 11 is 0.465. The Hall–Kier alpha value is -1.47. The van der Waals surface area contributed by atoms with E-state index in [4.69, 9.17) is 0 Å². The van der Waals surface area contributed by atoms with Crippen LogP contribution in [-0.2, 0) is 12.6 Å². The van der Waals surface area contributed by atoms with E-state index in [1.54, 1.807) is 24.5 Å². The summed E-state index contributed by atoms with van der Waals surface area (Å²) in [5, 5.41) is 8.90. The summed E-state index contributed by atoms with van der Waals surface area (Å²) in [6, 6.07) is 3.41. The molecule has 0 amide bonds. The highest BCUT2D eigenvalue weighted by Gasteiger charge is 2.35. The summed E-state index contributed by atoms with van der Waals surface area (Å²) < 4.78 is 37.0. The Balaban J connectivity index is 2.10. The molecule has 7 heteroatoms. The van der Waals surface area contributed by atoms with Crippen LogP contribution >= 0.6 is 11.3 Å². The lowest BCUT2D eigenvalue weighted by Crippen LogP contribution is -2.03. The van der Waals surface area contributed by atoms with Crippen LogP contribution in [0.4, 0.5) is 13.2 Å². The van der Waals surface area contributed by atoms with Gasteiger partial charge in [0.2, 0.25) is 0 Å². The monoisotopic (exact) mass is 274 g/mol. The van der Waals surface area contributed by atoms with Crippen molar-refractivity contribution >= 4 is 11.3 Å². The Morgan fingerprint density at radius 3 is 2.50 bits per heavy atom. The van der Waals surface area contributed by atoms with Gasteiger partial charge in [-0.3, -0.25) is 4.98 Å². The summed E-state index contributed by atoms with van der Waals surface area (Å²) in [7, 11) is 0. The molecule has 2 aromatic rings. The van der Waals surface area contributed by atoms with Gasteiger partial charge in [-0.25, -0.2) is 4.98 Å². The normalized spacial score (nSPS) is 13.6. The van der Waals surface area contributed by atoms with Crippen LogP contribution in [0.15, 0.2) is 30.7 Å². The van der Waals surface area contributed by atoms with Crippen molar-refractivity contribution in [3.05, 3.63) is 46.2 Å². The zero-order valence-corrected chi connectivity index (χ0v) is 9.87. The first-order chi connectivity index (χ1) is 8.47. The Morgan fingerprint density at radius 2 is 1.94 bits per heavy atom. The summed E-state index contributed by atoms with van der Waals surface area (Å²) in [6.07, 6.45) is -1.01. The number of aliphatic hydroxyl groups excluding tert-OH is 1. The molecule has 0 fully saturated rings. The minimum absolute atomic E-state index is 0.208. The number of alkyl halides is 3. The lowest BCUT2D eigenvalue weighted by Gasteiger charge is -2.07. The van der Waals surface area contributed by atoms with Crippen molar-refractivity contribution in [1.29, 1.82) is 0 Å². The van der Waals surface area contributed by atoms with E-state index in [-0.39, 0.29) is 11.3 Å². The second-order valence-corrected chi connectivity index (χ2v) is 4.70. The van der Waals surface area contributed by atoms with Crippen LogP contribution in [0.25, 0.3) is 0 Å². The average Bonchev–Trinajstić information content (AvgIpc) is 2.79. The molecule has 0 aliphatic carbocycles. The molecule has 1 atom stereocenters. The fourth-order valence-corrected chi connectivity index (χ4v) is 2.18. The van der Waals surface area contributed by atoms with Gasteiger partial charge in [0.25, 0.3) is 0 Å². The number of nitrogens with zero attached hydrogens (tertiary/aromatic N) is 2. The van der Waals surface area contributed by atoms with Crippen LogP contribution in [0.2, 0.25) is 0 Å². The van der Waals surface area contributed by atoms with E-state index < -0.39 is 17.3 Å². The maximum Gasteiger partial charge on any atom is 0.443 e. The van der Waals surface area contributed by atoms with Crippen molar-refractivity contribution in [3.8, 4) is 0 Å². The highest BCUT2D eigenvalue weighted by molar-refractivity contribution is 7.11. The van der Waals surface area contributed by atoms with Gasteiger partial charge in [0.15, 0.2) is 5.01 Å². The zero-order chi connectivity index (χ0) is 13.2. The van der Waals surface area contributed by atoms with Crippen molar-refractivity contribution in [2.75, 3.05) is 0 Å². The van der Waals surface area contributed by atoms with Crippen LogP contribution in [0.1, 0.15) is 21.6 Å². The molecule has 0 aromatic carbocycles. The number of aliphatic hydroxyl groups is 1. The van der Waals surface area contributed by atoms with Crippen LogP contribution in [-0.4, -0.2) is 15.1 Å². The van der Waals surface area contributed by atoms with Gasteiger partial charge in [0.05, 0.1) is 11.0 Å².